The molecule has 0 bridgehead atoms. The fourth-order valence-corrected chi connectivity index (χ4v) is 3.02. The van der Waals surface area contributed by atoms with E-state index >= 15 is 0 Å². The summed E-state index contributed by atoms with van der Waals surface area (Å²) in [5.41, 5.74) is 0.629. The van der Waals surface area contributed by atoms with Crippen LogP contribution in [0.3, 0.4) is 0 Å². The first kappa shape index (κ1) is 19.2. The molecule has 0 spiro atoms. The molecule has 0 atom stereocenters. The lowest BCUT2D eigenvalue weighted by Crippen LogP contribution is -2.10. The van der Waals surface area contributed by atoms with E-state index in [1.165, 1.54) is 6.08 Å². The van der Waals surface area contributed by atoms with E-state index in [0.717, 1.165) is 16.6 Å². The minimum atomic E-state index is -0.711. The van der Waals surface area contributed by atoms with Crippen LogP contribution in [0.25, 0.3) is 6.08 Å². The maximum Gasteiger partial charge on any atom is 0.354 e. The highest BCUT2D eigenvalue weighted by molar-refractivity contribution is 9.11. The molecule has 128 valence electrons. The van der Waals surface area contributed by atoms with Crippen LogP contribution in [0.2, 0.25) is 0 Å². The van der Waals surface area contributed by atoms with E-state index in [0.29, 0.717) is 22.4 Å². The number of carbonyl (C=O) groups excluding carboxylic acids is 1. The topological polar surface area (TPSA) is 59.3 Å². The summed E-state index contributed by atoms with van der Waals surface area (Å²) in [6, 6.07) is 14.2. The molecule has 0 saturated heterocycles. The van der Waals surface area contributed by atoms with Crippen molar-refractivity contribution in [2.45, 2.75) is 13.3 Å². The summed E-state index contributed by atoms with van der Waals surface area (Å²) >= 11 is 6.64. The van der Waals surface area contributed by atoms with Crippen LogP contribution >= 0.6 is 31.9 Å². The third-order valence-corrected chi connectivity index (χ3v) is 4.21. The zero-order chi connectivity index (χ0) is 18.2. The molecule has 2 rings (SSSR count). The Morgan fingerprint density at radius 1 is 1.20 bits per heavy atom. The van der Waals surface area contributed by atoms with Crippen molar-refractivity contribution in [1.82, 2.24) is 0 Å². The molecule has 0 fully saturated rings. The summed E-state index contributed by atoms with van der Waals surface area (Å²) in [7, 11) is 0. The molecule has 2 aromatic carbocycles. The van der Waals surface area contributed by atoms with Gasteiger partial charge < -0.3 is 9.47 Å². The zero-order valence-corrected chi connectivity index (χ0v) is 16.6. The number of esters is 1. The Hall–Kier alpha value is -2.10. The van der Waals surface area contributed by atoms with E-state index < -0.39 is 5.97 Å². The SMILES string of the molecule is CCCOc1ccc(/C=C(\C#N)C(=O)Oc2ccc(Br)cc2Br)cc1. The Kier molecular flexibility index (Phi) is 7.23. The van der Waals surface area contributed by atoms with Gasteiger partial charge in [-0.2, -0.15) is 5.26 Å². The van der Waals surface area contributed by atoms with Crippen LogP contribution in [0.15, 0.2) is 57.0 Å². The summed E-state index contributed by atoms with van der Waals surface area (Å²) in [6.07, 6.45) is 2.41. The number of nitrogens with zero attached hydrogens (tertiary/aromatic N) is 1. The molecule has 0 unspecified atom stereocenters. The fourth-order valence-electron chi connectivity index (χ4n) is 1.90. The Bertz CT molecular complexity index is 824. The van der Waals surface area contributed by atoms with Crippen molar-refractivity contribution in [1.29, 1.82) is 5.26 Å². The number of hydrogen-bond acceptors (Lipinski definition) is 4. The molecule has 25 heavy (non-hydrogen) atoms. The average Bonchev–Trinajstić information content (AvgIpc) is 2.61. The summed E-state index contributed by atoms with van der Waals surface area (Å²) in [4.78, 5) is 12.2. The van der Waals surface area contributed by atoms with Gasteiger partial charge in [-0.25, -0.2) is 4.79 Å². The molecule has 0 heterocycles. The first-order valence-electron chi connectivity index (χ1n) is 7.55. The van der Waals surface area contributed by atoms with Gasteiger partial charge in [-0.05, 0) is 64.3 Å². The lowest BCUT2D eigenvalue weighted by molar-refractivity contribution is -0.129. The molecule has 2 aromatic rings. The minimum absolute atomic E-state index is 0.0861. The van der Waals surface area contributed by atoms with Gasteiger partial charge in [0.15, 0.2) is 0 Å². The van der Waals surface area contributed by atoms with E-state index in [-0.39, 0.29) is 5.57 Å². The second-order valence-corrected chi connectivity index (χ2v) is 6.82. The number of carbonyl (C=O) groups is 1. The third-order valence-electron chi connectivity index (χ3n) is 3.10. The Morgan fingerprint density at radius 3 is 2.52 bits per heavy atom. The normalized spacial score (nSPS) is 10.9. The molecule has 0 aliphatic heterocycles. The first-order chi connectivity index (χ1) is 12.0. The number of ether oxygens (including phenoxy) is 2. The molecule has 0 saturated carbocycles. The van der Waals surface area contributed by atoms with Crippen molar-refractivity contribution in [3.8, 4) is 17.6 Å². The van der Waals surface area contributed by atoms with Gasteiger partial charge in [-0.1, -0.05) is 35.0 Å². The zero-order valence-electron chi connectivity index (χ0n) is 13.5. The maximum absolute atomic E-state index is 12.2. The molecule has 0 aromatic heterocycles. The highest BCUT2D eigenvalue weighted by Gasteiger charge is 2.14. The summed E-state index contributed by atoms with van der Waals surface area (Å²) < 4.78 is 12.2. The molecular weight excluding hydrogens is 450 g/mol. The Labute approximate surface area is 163 Å². The van der Waals surface area contributed by atoms with Crippen LogP contribution < -0.4 is 9.47 Å². The van der Waals surface area contributed by atoms with Gasteiger partial charge >= 0.3 is 5.97 Å². The van der Waals surface area contributed by atoms with Crippen LogP contribution in [0.5, 0.6) is 11.5 Å². The number of rotatable bonds is 6. The monoisotopic (exact) mass is 463 g/mol. The predicted octanol–water partition coefficient (Wildman–Crippen LogP) is 5.51. The van der Waals surface area contributed by atoms with Gasteiger partial charge in [0.1, 0.15) is 23.1 Å². The third kappa shape index (κ3) is 5.73. The van der Waals surface area contributed by atoms with Gasteiger partial charge in [0.05, 0.1) is 11.1 Å². The molecular formula is C19H15Br2NO3. The quantitative estimate of drug-likeness (QED) is 0.244. The summed E-state index contributed by atoms with van der Waals surface area (Å²) in [6.45, 7) is 2.68. The van der Waals surface area contributed by atoms with E-state index in [1.807, 2.05) is 13.0 Å². The predicted molar refractivity (Wildman–Crippen MR) is 103 cm³/mol. The van der Waals surface area contributed by atoms with Gasteiger partial charge in [-0.15, -0.1) is 0 Å². The fraction of sp³-hybridized carbons (Fsp3) is 0.158. The van der Waals surface area contributed by atoms with E-state index in [4.69, 9.17) is 9.47 Å². The van der Waals surface area contributed by atoms with Crippen molar-refractivity contribution in [2.24, 2.45) is 0 Å². The van der Waals surface area contributed by atoms with Crippen LogP contribution in [0.4, 0.5) is 0 Å². The standard InChI is InChI=1S/C19H15Br2NO3/c1-2-9-24-16-6-3-13(4-7-16)10-14(12-22)19(23)25-18-8-5-15(20)11-17(18)21/h3-8,10-11H,2,9H2,1H3/b14-10+. The number of nitriles is 1. The number of hydrogen-bond donors (Lipinski definition) is 0. The van der Waals surface area contributed by atoms with Crippen LogP contribution in [-0.2, 0) is 4.79 Å². The Morgan fingerprint density at radius 2 is 1.92 bits per heavy atom. The Balaban J connectivity index is 2.13. The summed E-state index contributed by atoms with van der Waals surface area (Å²) in [5, 5.41) is 9.26. The molecule has 0 N–H and O–H groups in total. The van der Waals surface area contributed by atoms with E-state index in [9.17, 15) is 10.1 Å². The molecule has 0 radical (unpaired) electrons. The molecule has 4 nitrogen and oxygen atoms in total. The van der Waals surface area contributed by atoms with Crippen LogP contribution in [-0.4, -0.2) is 12.6 Å². The van der Waals surface area contributed by atoms with Gasteiger partial charge in [0.25, 0.3) is 0 Å². The summed E-state index contributed by atoms with van der Waals surface area (Å²) in [5.74, 6) is 0.383. The van der Waals surface area contributed by atoms with Gasteiger partial charge in [0.2, 0.25) is 0 Å². The van der Waals surface area contributed by atoms with Gasteiger partial charge in [-0.3, -0.25) is 0 Å². The first-order valence-corrected chi connectivity index (χ1v) is 9.14. The number of halogens is 2. The molecule has 6 heteroatoms. The van der Waals surface area contributed by atoms with E-state index in [1.54, 1.807) is 42.5 Å². The highest BCUT2D eigenvalue weighted by atomic mass is 79.9. The molecule has 0 aliphatic rings. The lowest BCUT2D eigenvalue weighted by atomic mass is 10.1. The van der Waals surface area contributed by atoms with Crippen molar-refractivity contribution in [3.05, 3.63) is 62.5 Å². The highest BCUT2D eigenvalue weighted by Crippen LogP contribution is 2.29. The second-order valence-electron chi connectivity index (χ2n) is 5.05. The van der Waals surface area contributed by atoms with Gasteiger partial charge in [0, 0.05) is 4.47 Å². The van der Waals surface area contributed by atoms with Crippen LogP contribution in [0.1, 0.15) is 18.9 Å². The smallest absolute Gasteiger partial charge is 0.354 e. The van der Waals surface area contributed by atoms with E-state index in [2.05, 4.69) is 31.9 Å². The van der Waals surface area contributed by atoms with Crippen molar-refractivity contribution in [3.63, 3.8) is 0 Å². The van der Waals surface area contributed by atoms with Crippen molar-refractivity contribution in [2.75, 3.05) is 6.61 Å². The minimum Gasteiger partial charge on any atom is -0.494 e. The maximum atomic E-state index is 12.2. The lowest BCUT2D eigenvalue weighted by Gasteiger charge is -2.06. The largest absolute Gasteiger partial charge is 0.494 e. The molecule has 0 aliphatic carbocycles. The van der Waals surface area contributed by atoms with Crippen LogP contribution in [0, 0.1) is 11.3 Å². The van der Waals surface area contributed by atoms with Crippen molar-refractivity contribution >= 4 is 43.9 Å². The molecule has 0 amide bonds. The average molecular weight is 465 g/mol. The number of benzene rings is 2. The second kappa shape index (κ2) is 9.40. The van der Waals surface area contributed by atoms with Crippen molar-refractivity contribution < 1.29 is 14.3 Å².